The maximum absolute atomic E-state index is 5.01. The molecular weight excluding hydrogens is 218 g/mol. The molecule has 0 radical (unpaired) electrons. The summed E-state index contributed by atoms with van der Waals surface area (Å²) in [5.41, 5.74) is 1.41. The van der Waals surface area contributed by atoms with Crippen LogP contribution in [-0.2, 0) is 11.2 Å². The number of benzene rings is 1. The molecule has 1 aromatic carbocycles. The van der Waals surface area contributed by atoms with Crippen LogP contribution in [0.3, 0.4) is 0 Å². The summed E-state index contributed by atoms with van der Waals surface area (Å²) in [5.74, 6) is 0. The summed E-state index contributed by atoms with van der Waals surface area (Å²) in [6, 6.07) is 10.5. The van der Waals surface area contributed by atoms with Crippen LogP contribution in [0.2, 0.25) is 0 Å². The van der Waals surface area contributed by atoms with Gasteiger partial charge in [-0.1, -0.05) is 37.3 Å². The van der Waals surface area contributed by atoms with Crippen molar-refractivity contribution in [3.05, 3.63) is 35.9 Å². The van der Waals surface area contributed by atoms with Gasteiger partial charge in [0.15, 0.2) is 0 Å². The third kappa shape index (κ3) is 4.19. The number of ether oxygens (including phenoxy) is 1. The van der Waals surface area contributed by atoms with Crippen LogP contribution in [0.1, 0.15) is 19.4 Å². The smallest absolute Gasteiger partial charge is 0.259 e. The molecule has 1 aliphatic heterocycles. The van der Waals surface area contributed by atoms with E-state index >= 15 is 0 Å². The van der Waals surface area contributed by atoms with Crippen LogP contribution in [0, 0.1) is 0 Å². The van der Waals surface area contributed by atoms with Gasteiger partial charge in [-0.05, 0) is 31.1 Å². The second-order valence-electron chi connectivity index (χ2n) is 3.53. The molecule has 0 amide bonds. The van der Waals surface area contributed by atoms with E-state index in [0.717, 1.165) is 26.1 Å². The van der Waals surface area contributed by atoms with E-state index in [1.54, 1.807) is 0 Å². The molecule has 0 saturated carbocycles. The van der Waals surface area contributed by atoms with Gasteiger partial charge in [-0.15, -0.1) is 0 Å². The number of nitrogens with zero attached hydrogens (tertiary/aromatic N) is 1. The first-order valence-corrected chi connectivity index (χ1v) is 6.14. The minimum absolute atomic E-state index is 0.660. The minimum Gasteiger partial charge on any atom is -0.469 e. The molecule has 2 nitrogen and oxygen atoms in total. The highest BCUT2D eigenvalue weighted by Crippen LogP contribution is 2.01. The Balaban J connectivity index is 0.000000160. The van der Waals surface area contributed by atoms with Gasteiger partial charge in [-0.3, -0.25) is 0 Å². The lowest BCUT2D eigenvalue weighted by atomic mass is 10.2. The molecule has 0 aliphatic carbocycles. The van der Waals surface area contributed by atoms with Crippen LogP contribution in [0.25, 0.3) is 0 Å². The Bertz CT molecular complexity index is 313. The summed E-state index contributed by atoms with van der Waals surface area (Å²) in [6.07, 6.45) is 1.14. The number of rotatable bonds is 2. The number of hydrogen-bond donors (Lipinski definition) is 0. The first-order chi connectivity index (χ1) is 7.77. The molecule has 0 unspecified atom stereocenters. The lowest BCUT2D eigenvalue weighted by Gasteiger charge is -2.09. The van der Waals surface area contributed by atoms with Crippen molar-refractivity contribution >= 4 is 17.4 Å². The zero-order valence-corrected chi connectivity index (χ0v) is 10.8. The van der Waals surface area contributed by atoms with Crippen molar-refractivity contribution < 1.29 is 4.74 Å². The number of likely N-dealkylation sites (N-methyl/N-ethyl adjacent to an activating group) is 1. The van der Waals surface area contributed by atoms with Crippen molar-refractivity contribution in [3.63, 3.8) is 0 Å². The molecule has 0 aromatic heterocycles. The molecule has 1 aliphatic rings. The Kier molecular flexibility index (Phi) is 5.86. The summed E-state index contributed by atoms with van der Waals surface area (Å²) >= 11 is 4.84. The number of thiocarbonyl (C=S) groups is 1. The van der Waals surface area contributed by atoms with Crippen LogP contribution >= 0.6 is 12.2 Å². The van der Waals surface area contributed by atoms with Crippen molar-refractivity contribution in [3.8, 4) is 0 Å². The highest BCUT2D eigenvalue weighted by Gasteiger charge is 2.14. The summed E-state index contributed by atoms with van der Waals surface area (Å²) in [4.78, 5) is 2.04. The SMILES string of the molecule is CCN1CCOC1=S.CCc1ccccc1. The maximum atomic E-state index is 5.01. The highest BCUT2D eigenvalue weighted by atomic mass is 32.1. The van der Waals surface area contributed by atoms with Gasteiger partial charge in [0.25, 0.3) is 5.17 Å². The molecule has 0 N–H and O–H groups in total. The van der Waals surface area contributed by atoms with Crippen molar-refractivity contribution in [1.29, 1.82) is 0 Å². The molecule has 1 aromatic rings. The number of aryl methyl sites for hydroxylation is 1. The molecule has 0 atom stereocenters. The maximum Gasteiger partial charge on any atom is 0.259 e. The van der Waals surface area contributed by atoms with Crippen LogP contribution in [0.4, 0.5) is 0 Å². The van der Waals surface area contributed by atoms with Gasteiger partial charge in [0.05, 0.1) is 6.54 Å². The van der Waals surface area contributed by atoms with Gasteiger partial charge in [0, 0.05) is 6.54 Å². The lowest BCUT2D eigenvalue weighted by molar-refractivity contribution is 0.360. The van der Waals surface area contributed by atoms with Gasteiger partial charge < -0.3 is 9.64 Å². The van der Waals surface area contributed by atoms with E-state index < -0.39 is 0 Å². The largest absolute Gasteiger partial charge is 0.469 e. The third-order valence-electron chi connectivity index (χ3n) is 2.48. The molecule has 3 heteroatoms. The Morgan fingerprint density at radius 2 is 1.94 bits per heavy atom. The van der Waals surface area contributed by atoms with Crippen LogP contribution in [0.15, 0.2) is 30.3 Å². The van der Waals surface area contributed by atoms with E-state index in [4.69, 9.17) is 17.0 Å². The lowest BCUT2D eigenvalue weighted by Crippen LogP contribution is -2.22. The Hall–Kier alpha value is -1.09. The zero-order valence-electron chi connectivity index (χ0n) is 9.98. The second-order valence-corrected chi connectivity index (χ2v) is 3.88. The van der Waals surface area contributed by atoms with Crippen molar-refractivity contribution in [2.45, 2.75) is 20.3 Å². The summed E-state index contributed by atoms with van der Waals surface area (Å²) in [5, 5.41) is 0.660. The fourth-order valence-electron chi connectivity index (χ4n) is 1.43. The summed E-state index contributed by atoms with van der Waals surface area (Å²) < 4.78 is 5.01. The first-order valence-electron chi connectivity index (χ1n) is 5.73. The Labute approximate surface area is 103 Å². The van der Waals surface area contributed by atoms with Gasteiger partial charge in [0.2, 0.25) is 0 Å². The van der Waals surface area contributed by atoms with E-state index in [2.05, 4.69) is 38.1 Å². The van der Waals surface area contributed by atoms with Gasteiger partial charge in [0.1, 0.15) is 6.61 Å². The normalized spacial score (nSPS) is 14.1. The average molecular weight is 237 g/mol. The van der Waals surface area contributed by atoms with Crippen LogP contribution in [0.5, 0.6) is 0 Å². The second kappa shape index (κ2) is 7.23. The van der Waals surface area contributed by atoms with E-state index in [-0.39, 0.29) is 0 Å². The van der Waals surface area contributed by atoms with E-state index in [9.17, 15) is 0 Å². The standard InChI is InChI=1S/C8H10.C5H9NOS/c1-2-8-6-4-3-5-7-8;1-2-6-3-4-7-5(6)8/h3-7H,2H2,1H3;2-4H2,1H3. The molecule has 1 fully saturated rings. The van der Waals surface area contributed by atoms with Crippen LogP contribution < -0.4 is 0 Å². The molecular formula is C13H19NOS. The fraction of sp³-hybridized carbons (Fsp3) is 0.462. The van der Waals surface area contributed by atoms with Crippen molar-refractivity contribution in [2.24, 2.45) is 0 Å². The first kappa shape index (κ1) is 13.0. The molecule has 0 bridgehead atoms. The van der Waals surface area contributed by atoms with Crippen LogP contribution in [-0.4, -0.2) is 29.8 Å². The molecule has 16 heavy (non-hydrogen) atoms. The topological polar surface area (TPSA) is 12.5 Å². The fourth-order valence-corrected chi connectivity index (χ4v) is 1.73. The predicted octanol–water partition coefficient (Wildman–Crippen LogP) is 2.87. The Morgan fingerprint density at radius 1 is 1.25 bits per heavy atom. The minimum atomic E-state index is 0.660. The quantitative estimate of drug-likeness (QED) is 0.734. The van der Waals surface area contributed by atoms with E-state index in [0.29, 0.717) is 5.17 Å². The van der Waals surface area contributed by atoms with E-state index in [1.165, 1.54) is 5.56 Å². The van der Waals surface area contributed by atoms with Crippen molar-refractivity contribution in [1.82, 2.24) is 4.90 Å². The number of hydrogen-bond acceptors (Lipinski definition) is 2. The van der Waals surface area contributed by atoms with Gasteiger partial charge >= 0.3 is 0 Å². The Morgan fingerprint density at radius 3 is 2.25 bits per heavy atom. The third-order valence-corrected chi connectivity index (χ3v) is 2.85. The molecule has 0 spiro atoms. The molecule has 88 valence electrons. The average Bonchev–Trinajstić information content (AvgIpc) is 2.76. The zero-order chi connectivity index (χ0) is 11.8. The highest BCUT2D eigenvalue weighted by molar-refractivity contribution is 7.80. The van der Waals surface area contributed by atoms with Crippen molar-refractivity contribution in [2.75, 3.05) is 19.7 Å². The molecule has 1 saturated heterocycles. The summed E-state index contributed by atoms with van der Waals surface area (Å²) in [6.45, 7) is 6.94. The van der Waals surface area contributed by atoms with Gasteiger partial charge in [-0.2, -0.15) is 0 Å². The molecule has 1 heterocycles. The monoisotopic (exact) mass is 237 g/mol. The predicted molar refractivity (Wildman–Crippen MR) is 71.6 cm³/mol. The van der Waals surface area contributed by atoms with E-state index in [1.807, 2.05) is 11.0 Å². The summed E-state index contributed by atoms with van der Waals surface area (Å²) in [7, 11) is 0. The van der Waals surface area contributed by atoms with Gasteiger partial charge in [-0.25, -0.2) is 0 Å². The molecule has 2 rings (SSSR count).